The molecule has 2 heterocycles. The minimum atomic E-state index is -0.660. The van der Waals surface area contributed by atoms with Crippen LogP contribution in [0.15, 0.2) is 157 Å². The Morgan fingerprint density at radius 2 is 1.18 bits per heavy atom. The summed E-state index contributed by atoms with van der Waals surface area (Å²) < 4.78 is 6.03. The monoisotopic (exact) mass is 952 g/mol. The Balaban J connectivity index is 1.22. The van der Waals surface area contributed by atoms with Gasteiger partial charge in [-0.25, -0.2) is 9.78 Å². The quantitative estimate of drug-likeness (QED) is 0.0576. The fourth-order valence-corrected chi connectivity index (χ4v) is 9.22. The van der Waals surface area contributed by atoms with E-state index in [2.05, 4.69) is 133 Å². The molecule has 1 amide bonds. The van der Waals surface area contributed by atoms with Gasteiger partial charge in [-0.2, -0.15) is 0 Å². The maximum absolute atomic E-state index is 14.0. The van der Waals surface area contributed by atoms with Crippen LogP contribution in [0.4, 0.5) is 10.6 Å². The smallest absolute Gasteiger partial charge is 0.410 e. The Hall–Kier alpha value is -6.51. The molecule has 0 bridgehead atoms. The zero-order valence-corrected chi connectivity index (χ0v) is 43.2. The molecule has 0 unspecified atom stereocenters. The van der Waals surface area contributed by atoms with Crippen LogP contribution in [0.1, 0.15) is 124 Å². The van der Waals surface area contributed by atoms with Crippen LogP contribution in [0.25, 0.3) is 11.1 Å². The van der Waals surface area contributed by atoms with Crippen LogP contribution in [0, 0.1) is 0 Å². The van der Waals surface area contributed by atoms with E-state index in [1.807, 2.05) is 68.3 Å². The summed E-state index contributed by atoms with van der Waals surface area (Å²) in [5.41, 5.74) is 11.5. The molecule has 0 fully saturated rings. The van der Waals surface area contributed by atoms with Crippen LogP contribution in [0.3, 0.4) is 0 Å². The number of ether oxygens (including phenoxy) is 1. The Morgan fingerprint density at radius 3 is 1.77 bits per heavy atom. The first-order valence-electron chi connectivity index (χ1n) is 26.2. The van der Waals surface area contributed by atoms with Crippen LogP contribution >= 0.6 is 0 Å². The third kappa shape index (κ3) is 16.8. The van der Waals surface area contributed by atoms with E-state index in [0.29, 0.717) is 52.2 Å². The van der Waals surface area contributed by atoms with Crippen molar-refractivity contribution in [3.05, 3.63) is 196 Å². The molecule has 8 nitrogen and oxygen atoms in total. The normalized spacial score (nSPS) is 12.5. The van der Waals surface area contributed by atoms with Gasteiger partial charge in [0.05, 0.1) is 0 Å². The van der Waals surface area contributed by atoms with E-state index >= 15 is 0 Å². The Labute approximate surface area is 425 Å². The molecule has 1 aliphatic heterocycles. The summed E-state index contributed by atoms with van der Waals surface area (Å²) in [4.78, 5) is 30.2. The Bertz CT molecular complexity index is 2600. The molecule has 0 saturated carbocycles. The molecule has 372 valence electrons. The van der Waals surface area contributed by atoms with Crippen LogP contribution in [0.2, 0.25) is 0 Å². The summed E-state index contributed by atoms with van der Waals surface area (Å²) >= 11 is 0. The summed E-state index contributed by atoms with van der Waals surface area (Å²) in [5.74, 6) is 1.11. The van der Waals surface area contributed by atoms with Crippen molar-refractivity contribution < 1.29 is 14.6 Å². The predicted molar refractivity (Wildman–Crippen MR) is 294 cm³/mol. The highest BCUT2D eigenvalue weighted by atomic mass is 16.6. The summed E-state index contributed by atoms with van der Waals surface area (Å²) in [5, 5.41) is 12.6. The second-order valence-corrected chi connectivity index (χ2v) is 20.3. The van der Waals surface area contributed by atoms with Crippen molar-refractivity contribution in [2.75, 3.05) is 24.5 Å². The summed E-state index contributed by atoms with van der Waals surface area (Å²) in [6.07, 6.45) is 16.8. The van der Waals surface area contributed by atoms with Gasteiger partial charge < -0.3 is 19.6 Å². The van der Waals surface area contributed by atoms with Gasteiger partial charge in [0.2, 0.25) is 0 Å². The molecule has 1 N–H and O–H groups in total. The van der Waals surface area contributed by atoms with Crippen molar-refractivity contribution in [2.45, 2.75) is 137 Å². The average Bonchev–Trinajstić information content (AvgIpc) is 3.38. The van der Waals surface area contributed by atoms with Gasteiger partial charge in [-0.15, -0.1) is 0 Å². The number of aromatic nitrogens is 1. The molecule has 0 aliphatic carbocycles. The van der Waals surface area contributed by atoms with Crippen LogP contribution in [-0.2, 0) is 56.7 Å². The van der Waals surface area contributed by atoms with E-state index in [1.54, 1.807) is 0 Å². The van der Waals surface area contributed by atoms with Crippen molar-refractivity contribution in [1.82, 2.24) is 14.8 Å². The van der Waals surface area contributed by atoms with Crippen LogP contribution in [-0.4, -0.2) is 56.9 Å². The third-order valence-electron chi connectivity index (χ3n) is 13.1. The average molecular weight is 952 g/mol. The maximum atomic E-state index is 14.0. The standard InChI is InChI=1S/C63H77N5O3/c1-6-8-11-19-49-25-29-51(30-26-49)43-66(48-59-23-15-17-38-64-59)46-57-41-54(37-40-67(62(70)71-63(3,4)5)44-53-33-35-56(36-34-53)55-21-13-10-14-22-55)42-58(61(57)69)47-68(60-24-16-18-39-65-60)45-52-31-27-50(28-32-52)20-12-9-7-2/h10,13-16,18,21-36,39,41-42,69H,6-9,11-12,17,19-20,37-38,40,43-48H2,1-5H3. The molecule has 7 rings (SSSR count). The number of aliphatic imine (C=N–C) groups is 1. The largest absolute Gasteiger partial charge is 0.507 e. The van der Waals surface area contributed by atoms with Gasteiger partial charge in [-0.3, -0.25) is 9.89 Å². The molecule has 0 radical (unpaired) electrons. The molecule has 8 heteroatoms. The lowest BCUT2D eigenvalue weighted by atomic mass is 9.99. The van der Waals surface area contributed by atoms with Gasteiger partial charge in [-0.05, 0) is 122 Å². The van der Waals surface area contributed by atoms with E-state index in [1.165, 1.54) is 60.8 Å². The first-order chi connectivity index (χ1) is 34.5. The Kier molecular flexibility index (Phi) is 19.6. The molecular weight excluding hydrogens is 875 g/mol. The highest BCUT2D eigenvalue weighted by Gasteiger charge is 2.24. The molecule has 1 aromatic heterocycles. The topological polar surface area (TPSA) is 81.5 Å². The van der Waals surface area contributed by atoms with E-state index in [4.69, 9.17) is 14.7 Å². The number of aryl methyl sites for hydroxylation is 2. The SMILES string of the molecule is CCCCCc1ccc(CN(CC2=NCCC=C2)Cc2cc(CCN(Cc3ccc(-c4ccccc4)cc3)C(=O)OC(C)(C)C)cc(CN(Cc3ccc(CCCCC)cc3)c3ccccn3)c2O)cc1. The fraction of sp³-hybridized carbons (Fsp3) is 0.381. The number of anilines is 1. The molecular formula is C63H77N5O3. The molecule has 0 saturated heterocycles. The van der Waals surface area contributed by atoms with Crippen molar-refractivity contribution >= 4 is 17.6 Å². The zero-order chi connectivity index (χ0) is 49.8. The number of phenolic OH excluding ortho intramolecular Hbond substituents is 1. The number of phenols is 1. The van der Waals surface area contributed by atoms with E-state index in [9.17, 15) is 9.90 Å². The molecule has 5 aromatic carbocycles. The highest BCUT2D eigenvalue weighted by Crippen LogP contribution is 2.31. The van der Waals surface area contributed by atoms with Crippen molar-refractivity contribution in [1.29, 1.82) is 0 Å². The number of carbonyl (C=O) groups is 1. The van der Waals surface area contributed by atoms with Gasteiger partial charge in [0.15, 0.2) is 0 Å². The molecule has 71 heavy (non-hydrogen) atoms. The number of benzene rings is 5. The number of hydrogen-bond donors (Lipinski definition) is 1. The fourth-order valence-electron chi connectivity index (χ4n) is 9.22. The zero-order valence-electron chi connectivity index (χ0n) is 43.2. The highest BCUT2D eigenvalue weighted by molar-refractivity contribution is 5.97. The number of pyridine rings is 1. The van der Waals surface area contributed by atoms with Gasteiger partial charge in [0.1, 0.15) is 17.2 Å². The number of carbonyl (C=O) groups excluding carboxylic acids is 1. The van der Waals surface area contributed by atoms with E-state index in [0.717, 1.165) is 70.7 Å². The summed E-state index contributed by atoms with van der Waals surface area (Å²) in [6.45, 7) is 14.7. The lowest BCUT2D eigenvalue weighted by Crippen LogP contribution is -2.37. The lowest BCUT2D eigenvalue weighted by molar-refractivity contribution is 0.0235. The van der Waals surface area contributed by atoms with Gasteiger partial charge in [0.25, 0.3) is 0 Å². The Morgan fingerprint density at radius 1 is 0.606 bits per heavy atom. The first-order valence-corrected chi connectivity index (χ1v) is 26.2. The number of nitrogens with zero attached hydrogens (tertiary/aromatic N) is 5. The summed E-state index contributed by atoms with van der Waals surface area (Å²) in [6, 6.07) is 47.1. The predicted octanol–water partition coefficient (Wildman–Crippen LogP) is 14.5. The molecule has 6 aromatic rings. The van der Waals surface area contributed by atoms with Crippen molar-refractivity contribution in [3.8, 4) is 16.9 Å². The van der Waals surface area contributed by atoms with E-state index < -0.39 is 5.60 Å². The number of hydrogen-bond acceptors (Lipinski definition) is 7. The second kappa shape index (κ2) is 26.6. The minimum absolute atomic E-state index is 0.279. The van der Waals surface area contributed by atoms with Gasteiger partial charge in [-0.1, -0.05) is 167 Å². The number of aromatic hydroxyl groups is 1. The number of amides is 1. The first kappa shape index (κ1) is 52.3. The van der Waals surface area contributed by atoms with Crippen molar-refractivity contribution in [2.24, 2.45) is 4.99 Å². The van der Waals surface area contributed by atoms with Crippen molar-refractivity contribution in [3.63, 3.8) is 0 Å². The molecule has 0 spiro atoms. The number of dihydropyridines is 1. The molecule has 1 aliphatic rings. The van der Waals surface area contributed by atoms with Crippen LogP contribution in [0.5, 0.6) is 5.75 Å². The maximum Gasteiger partial charge on any atom is 0.410 e. The second-order valence-electron chi connectivity index (χ2n) is 20.3. The van der Waals surface area contributed by atoms with Gasteiger partial charge >= 0.3 is 6.09 Å². The van der Waals surface area contributed by atoms with Gasteiger partial charge in [0, 0.05) is 75.4 Å². The minimum Gasteiger partial charge on any atom is -0.507 e. The number of rotatable bonds is 25. The third-order valence-corrected chi connectivity index (χ3v) is 13.1. The van der Waals surface area contributed by atoms with Crippen LogP contribution < -0.4 is 4.90 Å². The lowest BCUT2D eigenvalue weighted by Gasteiger charge is -2.29. The summed E-state index contributed by atoms with van der Waals surface area (Å²) in [7, 11) is 0. The molecule has 0 atom stereocenters. The number of unbranched alkanes of at least 4 members (excludes halogenated alkanes) is 4. The van der Waals surface area contributed by atoms with E-state index in [-0.39, 0.29) is 11.8 Å².